The Bertz CT molecular complexity index is 1330. The Morgan fingerprint density at radius 1 is 0.806 bits per heavy atom. The molecular weight excluding hydrogens is 503 g/mol. The molecule has 0 radical (unpaired) electrons. The van der Waals surface area contributed by atoms with Crippen LogP contribution in [0.2, 0.25) is 0 Å². The minimum Gasteiger partial charge on any atom is -0.332 e. The molecule has 0 saturated heterocycles. The van der Waals surface area contributed by atoms with Gasteiger partial charge < -0.3 is 10.6 Å². The van der Waals surface area contributed by atoms with Gasteiger partial charge in [0.2, 0.25) is 5.91 Å². The Kier molecular flexibility index (Phi) is 7.60. The van der Waals surface area contributed by atoms with Crippen LogP contribution >= 0.6 is 35.7 Å². The Balaban J connectivity index is 1.30. The number of fused-ring (bicyclic) bond motifs is 2. The molecule has 7 heteroatoms. The van der Waals surface area contributed by atoms with Crippen molar-refractivity contribution in [1.82, 2.24) is 0 Å². The molecule has 2 N–H and O–H groups in total. The van der Waals surface area contributed by atoms with Crippen molar-refractivity contribution in [3.8, 4) is 0 Å². The fourth-order valence-corrected chi connectivity index (χ4v) is 6.28. The van der Waals surface area contributed by atoms with Gasteiger partial charge in [-0.3, -0.25) is 9.69 Å². The molecule has 4 aromatic carbocycles. The van der Waals surface area contributed by atoms with Crippen LogP contribution in [0.5, 0.6) is 0 Å². The number of benzene rings is 4. The van der Waals surface area contributed by atoms with Gasteiger partial charge in [-0.15, -0.1) is 11.8 Å². The summed E-state index contributed by atoms with van der Waals surface area (Å²) >= 11 is 8.74. The average molecular weight is 528 g/mol. The molecule has 36 heavy (non-hydrogen) atoms. The van der Waals surface area contributed by atoms with E-state index in [9.17, 15) is 4.79 Å². The van der Waals surface area contributed by atoms with Crippen LogP contribution in [0.25, 0.3) is 0 Å². The number of amides is 1. The van der Waals surface area contributed by atoms with Gasteiger partial charge in [-0.25, -0.2) is 0 Å². The lowest BCUT2D eigenvalue weighted by Crippen LogP contribution is -2.35. The van der Waals surface area contributed by atoms with Crippen LogP contribution < -0.4 is 15.5 Å². The number of nitrogens with zero attached hydrogens (tertiary/aromatic N) is 1. The lowest BCUT2D eigenvalue weighted by atomic mass is 10.2. The summed E-state index contributed by atoms with van der Waals surface area (Å²) < 4.78 is 0. The number of carbonyl (C=O) groups is 1. The highest BCUT2D eigenvalue weighted by Crippen LogP contribution is 2.48. The molecule has 0 aliphatic carbocycles. The van der Waals surface area contributed by atoms with Crippen LogP contribution in [0.3, 0.4) is 0 Å². The van der Waals surface area contributed by atoms with Crippen molar-refractivity contribution < 1.29 is 4.79 Å². The van der Waals surface area contributed by atoms with E-state index < -0.39 is 0 Å². The van der Waals surface area contributed by atoms with Crippen molar-refractivity contribution in [2.45, 2.75) is 33.3 Å². The number of hydrogen-bond acceptors (Lipinski definition) is 4. The van der Waals surface area contributed by atoms with Crippen molar-refractivity contribution in [3.05, 3.63) is 103 Å². The number of rotatable bonds is 6. The lowest BCUT2D eigenvalue weighted by molar-refractivity contribution is -0.117. The van der Waals surface area contributed by atoms with E-state index in [4.69, 9.17) is 12.2 Å². The van der Waals surface area contributed by atoms with E-state index in [0.29, 0.717) is 5.11 Å². The van der Waals surface area contributed by atoms with E-state index in [2.05, 4.69) is 29.7 Å². The fourth-order valence-electron chi connectivity index (χ4n) is 3.99. The van der Waals surface area contributed by atoms with E-state index >= 15 is 0 Å². The third-order valence-corrected chi connectivity index (χ3v) is 8.42. The smallest absolute Gasteiger partial charge is 0.245 e. The number of para-hydroxylation sites is 3. The van der Waals surface area contributed by atoms with Gasteiger partial charge in [-0.1, -0.05) is 61.2 Å². The molecule has 5 rings (SSSR count). The topological polar surface area (TPSA) is 44.4 Å². The van der Waals surface area contributed by atoms with E-state index in [0.717, 1.165) is 43.9 Å². The molecule has 180 valence electrons. The molecular formula is C29H25N3OS3. The van der Waals surface area contributed by atoms with Gasteiger partial charge >= 0.3 is 0 Å². The number of nitrogens with one attached hydrogen (secondary N) is 2. The zero-order valence-electron chi connectivity index (χ0n) is 19.7. The van der Waals surface area contributed by atoms with Crippen molar-refractivity contribution in [1.29, 1.82) is 0 Å². The molecule has 1 heterocycles. The third kappa shape index (κ3) is 5.43. The minimum absolute atomic E-state index is 0.0955. The second kappa shape index (κ2) is 11.2. The molecule has 1 unspecified atom stereocenters. The first kappa shape index (κ1) is 24.4. The zero-order chi connectivity index (χ0) is 24.9. The Hall–Kier alpha value is -3.26. The lowest BCUT2D eigenvalue weighted by Gasteiger charge is -2.33. The Morgan fingerprint density at radius 2 is 1.33 bits per heavy atom. The maximum absolute atomic E-state index is 13.9. The van der Waals surface area contributed by atoms with Crippen LogP contribution in [0.15, 0.2) is 118 Å². The van der Waals surface area contributed by atoms with Gasteiger partial charge in [0.15, 0.2) is 5.11 Å². The first-order valence-corrected chi connectivity index (χ1v) is 13.8. The molecule has 0 fully saturated rings. The Morgan fingerprint density at radius 3 is 1.92 bits per heavy atom. The van der Waals surface area contributed by atoms with E-state index in [1.807, 2.05) is 95.9 Å². The zero-order valence-corrected chi connectivity index (χ0v) is 22.1. The second-order valence-electron chi connectivity index (χ2n) is 8.20. The predicted octanol–water partition coefficient (Wildman–Crippen LogP) is 8.20. The first-order valence-electron chi connectivity index (χ1n) is 11.7. The van der Waals surface area contributed by atoms with Gasteiger partial charge in [0.05, 0.1) is 16.6 Å². The van der Waals surface area contributed by atoms with E-state index in [1.54, 1.807) is 23.5 Å². The van der Waals surface area contributed by atoms with Crippen molar-refractivity contribution in [2.24, 2.45) is 0 Å². The van der Waals surface area contributed by atoms with E-state index in [-0.39, 0.29) is 11.2 Å². The molecule has 1 aliphatic heterocycles. The maximum atomic E-state index is 13.9. The predicted molar refractivity (Wildman–Crippen MR) is 157 cm³/mol. The summed E-state index contributed by atoms with van der Waals surface area (Å²) in [5, 5.41) is 6.71. The normalized spacial score (nSPS) is 12.8. The number of carbonyl (C=O) groups excluding carboxylic acids is 1. The summed E-state index contributed by atoms with van der Waals surface area (Å²) in [7, 11) is 0. The summed E-state index contributed by atoms with van der Waals surface area (Å²) in [6.45, 7) is 2.07. The van der Waals surface area contributed by atoms with Gasteiger partial charge in [0, 0.05) is 26.1 Å². The number of thioether (sulfide) groups is 1. The van der Waals surface area contributed by atoms with Crippen LogP contribution in [-0.2, 0) is 4.79 Å². The maximum Gasteiger partial charge on any atom is 0.245 e. The monoisotopic (exact) mass is 527 g/mol. The molecule has 0 aromatic heterocycles. The van der Waals surface area contributed by atoms with Gasteiger partial charge in [-0.05, 0) is 79.3 Å². The first-order chi connectivity index (χ1) is 17.6. The SMILES string of the molecule is CCC(Sc1ccc(NC(=S)Nc2ccccc2)cc1)C(=O)N1c2ccccc2Sc2ccccc21. The average Bonchev–Trinajstić information content (AvgIpc) is 2.91. The van der Waals surface area contributed by atoms with Gasteiger partial charge in [0.25, 0.3) is 0 Å². The van der Waals surface area contributed by atoms with Crippen LogP contribution in [0.1, 0.15) is 13.3 Å². The number of anilines is 4. The molecule has 1 atom stereocenters. The summed E-state index contributed by atoms with van der Waals surface area (Å²) in [6, 6.07) is 34.1. The summed E-state index contributed by atoms with van der Waals surface area (Å²) in [6.07, 6.45) is 0.725. The molecule has 4 nitrogen and oxygen atoms in total. The summed E-state index contributed by atoms with van der Waals surface area (Å²) in [5.74, 6) is 0.0955. The summed E-state index contributed by atoms with van der Waals surface area (Å²) in [5.41, 5.74) is 3.72. The van der Waals surface area contributed by atoms with Crippen molar-refractivity contribution in [2.75, 3.05) is 15.5 Å². The minimum atomic E-state index is -0.214. The highest BCUT2D eigenvalue weighted by atomic mass is 32.2. The van der Waals surface area contributed by atoms with Crippen LogP contribution in [-0.4, -0.2) is 16.3 Å². The molecule has 1 aliphatic rings. The molecule has 0 saturated carbocycles. The molecule has 0 bridgehead atoms. The Labute approximate surface area is 225 Å². The summed E-state index contributed by atoms with van der Waals surface area (Å²) in [4.78, 5) is 19.0. The van der Waals surface area contributed by atoms with Gasteiger partial charge in [0.1, 0.15) is 0 Å². The highest BCUT2D eigenvalue weighted by Gasteiger charge is 2.32. The quantitative estimate of drug-likeness (QED) is 0.195. The van der Waals surface area contributed by atoms with Crippen molar-refractivity contribution in [3.63, 3.8) is 0 Å². The van der Waals surface area contributed by atoms with Gasteiger partial charge in [-0.2, -0.15) is 0 Å². The fraction of sp³-hybridized carbons (Fsp3) is 0.103. The largest absolute Gasteiger partial charge is 0.332 e. The third-order valence-electron chi connectivity index (χ3n) is 5.72. The highest BCUT2D eigenvalue weighted by molar-refractivity contribution is 8.00. The molecule has 0 spiro atoms. The van der Waals surface area contributed by atoms with Crippen LogP contribution in [0, 0.1) is 0 Å². The number of hydrogen-bond donors (Lipinski definition) is 2. The van der Waals surface area contributed by atoms with E-state index in [1.165, 1.54) is 0 Å². The molecule has 4 aromatic rings. The molecule has 1 amide bonds. The van der Waals surface area contributed by atoms with Crippen LogP contribution in [0.4, 0.5) is 22.7 Å². The second-order valence-corrected chi connectivity index (χ2v) is 11.0. The van der Waals surface area contributed by atoms with Crippen molar-refractivity contribution >= 4 is 69.5 Å². The number of thiocarbonyl (C=S) groups is 1. The standard InChI is InChI=1S/C29H25N3OS3/c1-2-25(28(33)32-23-12-6-8-14-26(23)36-27-15-9-7-13-24(27)32)35-22-18-16-21(17-19-22)31-29(34)30-20-10-4-3-5-11-20/h3-19,25H,2H2,1H3,(H2,30,31,34).